The molecule has 2 heterocycles. The van der Waals surface area contributed by atoms with E-state index < -0.39 is 0 Å². The van der Waals surface area contributed by atoms with Crippen LogP contribution in [0.3, 0.4) is 0 Å². The summed E-state index contributed by atoms with van der Waals surface area (Å²) in [7, 11) is 0. The van der Waals surface area contributed by atoms with Gasteiger partial charge < -0.3 is 10.6 Å². The number of carbonyl (C=O) groups is 1. The summed E-state index contributed by atoms with van der Waals surface area (Å²) in [5.74, 6) is 0.613. The second-order valence-electron chi connectivity index (χ2n) is 7.91. The van der Waals surface area contributed by atoms with Gasteiger partial charge in [-0.05, 0) is 62.1 Å². The Morgan fingerprint density at radius 3 is 2.70 bits per heavy atom. The van der Waals surface area contributed by atoms with Crippen molar-refractivity contribution in [3.63, 3.8) is 0 Å². The summed E-state index contributed by atoms with van der Waals surface area (Å²) in [6, 6.07) is 4.43. The fourth-order valence-electron chi connectivity index (χ4n) is 4.89. The van der Waals surface area contributed by atoms with Gasteiger partial charge in [0.05, 0.1) is 0 Å². The average molecular weight is 333 g/mol. The number of amides is 1. The van der Waals surface area contributed by atoms with Gasteiger partial charge in [-0.3, -0.25) is 4.79 Å². The third-order valence-corrected chi connectivity index (χ3v) is 7.68. The minimum absolute atomic E-state index is 0.207. The summed E-state index contributed by atoms with van der Waals surface area (Å²) < 4.78 is 0. The lowest BCUT2D eigenvalue weighted by atomic mass is 9.73. The first-order valence-electron chi connectivity index (χ1n) is 9.27. The zero-order chi connectivity index (χ0) is 15.8. The Labute approximate surface area is 143 Å². The Morgan fingerprint density at radius 1 is 1.22 bits per heavy atom. The average Bonchev–Trinajstić information content (AvgIpc) is 3.02. The first kappa shape index (κ1) is 15.6. The van der Waals surface area contributed by atoms with E-state index in [9.17, 15) is 4.79 Å². The van der Waals surface area contributed by atoms with Crippen LogP contribution in [-0.4, -0.2) is 25.5 Å². The van der Waals surface area contributed by atoms with Crippen molar-refractivity contribution in [3.05, 3.63) is 22.4 Å². The van der Waals surface area contributed by atoms with Gasteiger partial charge in [-0.2, -0.15) is 0 Å². The highest BCUT2D eigenvalue weighted by Crippen LogP contribution is 2.58. The Bertz CT molecular complexity index is 542. The zero-order valence-corrected chi connectivity index (χ0v) is 14.7. The van der Waals surface area contributed by atoms with E-state index in [2.05, 4.69) is 28.1 Å². The summed E-state index contributed by atoms with van der Waals surface area (Å²) >= 11 is 1.87. The van der Waals surface area contributed by atoms with Crippen molar-refractivity contribution in [2.75, 3.05) is 19.6 Å². The third-order valence-electron chi connectivity index (χ3n) is 6.56. The van der Waals surface area contributed by atoms with Crippen LogP contribution in [0.1, 0.15) is 56.2 Å². The van der Waals surface area contributed by atoms with E-state index in [0.717, 1.165) is 26.1 Å². The monoisotopic (exact) mass is 332 g/mol. The van der Waals surface area contributed by atoms with Crippen molar-refractivity contribution >= 4 is 17.2 Å². The van der Waals surface area contributed by atoms with Crippen LogP contribution in [-0.2, 0) is 10.2 Å². The maximum Gasteiger partial charge on any atom is 0.223 e. The standard InChI is InChI=1S/C19H28N2OS/c22-17(15-13-18(15)8-10-20-11-9-18)21-14-19(6-2-1-3-7-19)16-5-4-12-23-16/h4-5,12,15,20H,1-3,6-11,13-14H2,(H,21,22). The van der Waals surface area contributed by atoms with Crippen molar-refractivity contribution < 1.29 is 4.79 Å². The van der Waals surface area contributed by atoms with Crippen LogP contribution in [0.2, 0.25) is 0 Å². The van der Waals surface area contributed by atoms with Crippen molar-refractivity contribution in [2.45, 2.75) is 56.8 Å². The quantitative estimate of drug-likeness (QED) is 0.886. The molecule has 1 unspecified atom stereocenters. The Balaban J connectivity index is 1.39. The minimum Gasteiger partial charge on any atom is -0.355 e. The van der Waals surface area contributed by atoms with Crippen LogP contribution in [0.15, 0.2) is 17.5 Å². The molecule has 1 amide bonds. The van der Waals surface area contributed by atoms with E-state index in [0.29, 0.717) is 11.3 Å². The SMILES string of the molecule is O=C(NCC1(c2cccs2)CCCCC1)C1CC12CCNCC2. The first-order valence-corrected chi connectivity index (χ1v) is 10.1. The maximum atomic E-state index is 12.7. The lowest BCUT2D eigenvalue weighted by Crippen LogP contribution is -2.43. The summed E-state index contributed by atoms with van der Waals surface area (Å²) in [4.78, 5) is 14.2. The Morgan fingerprint density at radius 2 is 2.00 bits per heavy atom. The molecule has 1 atom stereocenters. The molecule has 1 spiro atoms. The fourth-order valence-corrected chi connectivity index (χ4v) is 5.88. The third kappa shape index (κ3) is 2.96. The van der Waals surface area contributed by atoms with E-state index in [1.165, 1.54) is 49.8 Å². The molecule has 2 saturated carbocycles. The number of rotatable bonds is 4. The molecule has 3 fully saturated rings. The van der Waals surface area contributed by atoms with E-state index in [1.807, 2.05) is 11.3 Å². The highest BCUT2D eigenvalue weighted by Gasteiger charge is 2.57. The molecule has 0 aromatic carbocycles. The number of piperidine rings is 1. The van der Waals surface area contributed by atoms with Gasteiger partial charge in [0.25, 0.3) is 0 Å². The van der Waals surface area contributed by atoms with E-state index >= 15 is 0 Å². The number of hydrogen-bond acceptors (Lipinski definition) is 3. The lowest BCUT2D eigenvalue weighted by Gasteiger charge is -2.37. The molecule has 126 valence electrons. The molecule has 3 aliphatic rings. The molecule has 0 bridgehead atoms. The highest BCUT2D eigenvalue weighted by atomic mass is 32.1. The largest absolute Gasteiger partial charge is 0.355 e. The highest BCUT2D eigenvalue weighted by molar-refractivity contribution is 7.10. The second-order valence-corrected chi connectivity index (χ2v) is 8.85. The van der Waals surface area contributed by atoms with Crippen molar-refractivity contribution in [1.82, 2.24) is 10.6 Å². The van der Waals surface area contributed by atoms with Crippen molar-refractivity contribution in [1.29, 1.82) is 0 Å². The van der Waals surface area contributed by atoms with Crippen molar-refractivity contribution in [3.8, 4) is 0 Å². The molecule has 1 aromatic heterocycles. The Hall–Kier alpha value is -0.870. The predicted octanol–water partition coefficient (Wildman–Crippen LogP) is 3.46. The molecule has 1 saturated heterocycles. The van der Waals surface area contributed by atoms with Crippen LogP contribution < -0.4 is 10.6 Å². The topological polar surface area (TPSA) is 41.1 Å². The molecule has 23 heavy (non-hydrogen) atoms. The number of nitrogens with one attached hydrogen (secondary N) is 2. The van der Waals surface area contributed by atoms with Crippen LogP contribution in [0.4, 0.5) is 0 Å². The maximum absolute atomic E-state index is 12.7. The van der Waals surface area contributed by atoms with Gasteiger partial charge in [0, 0.05) is 22.8 Å². The van der Waals surface area contributed by atoms with Crippen LogP contribution >= 0.6 is 11.3 Å². The number of thiophene rings is 1. The Kier molecular flexibility index (Phi) is 4.22. The minimum atomic E-state index is 0.207. The molecule has 1 aromatic rings. The van der Waals surface area contributed by atoms with Crippen LogP contribution in [0.5, 0.6) is 0 Å². The van der Waals surface area contributed by atoms with Gasteiger partial charge in [-0.1, -0.05) is 25.3 Å². The lowest BCUT2D eigenvalue weighted by molar-refractivity contribution is -0.123. The van der Waals surface area contributed by atoms with E-state index in [1.54, 1.807) is 0 Å². The second kappa shape index (κ2) is 6.21. The summed E-state index contributed by atoms with van der Waals surface area (Å²) in [6.07, 6.45) is 9.88. The molecule has 4 heteroatoms. The fraction of sp³-hybridized carbons (Fsp3) is 0.737. The summed E-state index contributed by atoms with van der Waals surface area (Å²) in [5.41, 5.74) is 0.552. The van der Waals surface area contributed by atoms with Gasteiger partial charge in [0.2, 0.25) is 5.91 Å². The van der Waals surface area contributed by atoms with E-state index in [-0.39, 0.29) is 11.3 Å². The molecule has 1 aliphatic heterocycles. The first-order chi connectivity index (χ1) is 11.2. The van der Waals surface area contributed by atoms with Gasteiger partial charge in [-0.25, -0.2) is 0 Å². The number of carbonyl (C=O) groups excluding carboxylic acids is 1. The molecule has 0 radical (unpaired) electrons. The summed E-state index contributed by atoms with van der Waals surface area (Å²) in [5, 5.41) is 8.96. The van der Waals surface area contributed by atoms with Crippen LogP contribution in [0.25, 0.3) is 0 Å². The predicted molar refractivity (Wildman–Crippen MR) is 94.7 cm³/mol. The van der Waals surface area contributed by atoms with Gasteiger partial charge in [-0.15, -0.1) is 11.3 Å². The normalized spacial score (nSPS) is 28.4. The van der Waals surface area contributed by atoms with Gasteiger partial charge in [0.15, 0.2) is 0 Å². The molecular formula is C19H28N2OS. The smallest absolute Gasteiger partial charge is 0.223 e. The summed E-state index contributed by atoms with van der Waals surface area (Å²) in [6.45, 7) is 3.02. The zero-order valence-electron chi connectivity index (χ0n) is 13.9. The van der Waals surface area contributed by atoms with Gasteiger partial charge in [0.1, 0.15) is 0 Å². The van der Waals surface area contributed by atoms with Gasteiger partial charge >= 0.3 is 0 Å². The molecule has 3 nitrogen and oxygen atoms in total. The molecule has 2 N–H and O–H groups in total. The van der Waals surface area contributed by atoms with Crippen molar-refractivity contribution in [2.24, 2.45) is 11.3 Å². The molecular weight excluding hydrogens is 304 g/mol. The van der Waals surface area contributed by atoms with E-state index in [4.69, 9.17) is 0 Å². The molecule has 4 rings (SSSR count). The number of hydrogen-bond donors (Lipinski definition) is 2. The molecule has 2 aliphatic carbocycles. The van der Waals surface area contributed by atoms with Crippen LogP contribution in [0, 0.1) is 11.3 Å².